The quantitative estimate of drug-likeness (QED) is 0.844. The first-order valence-electron chi connectivity index (χ1n) is 3.81. The molecule has 0 saturated carbocycles. The fourth-order valence-electron chi connectivity index (χ4n) is 0.334. The molecule has 0 aromatic carbocycles. The zero-order valence-corrected chi connectivity index (χ0v) is 11.0. The van der Waals surface area contributed by atoms with Crippen LogP contribution in [-0.4, -0.2) is 25.4 Å². The lowest BCUT2D eigenvalue weighted by Gasteiger charge is -1.92. The van der Waals surface area contributed by atoms with Crippen LogP contribution in [-0.2, 0) is 4.74 Å². The molecule has 4 heteroatoms. The van der Waals surface area contributed by atoms with Crippen molar-refractivity contribution in [3.63, 3.8) is 0 Å². The van der Waals surface area contributed by atoms with Gasteiger partial charge in [0, 0.05) is 26.6 Å². The number of hydrogen-bond donors (Lipinski definition) is 1. The van der Waals surface area contributed by atoms with Gasteiger partial charge in [0.15, 0.2) is 0 Å². The molecule has 0 aromatic rings. The molecule has 78 valence electrons. The number of halogens is 2. The van der Waals surface area contributed by atoms with Crippen LogP contribution in [0.1, 0.15) is 12.8 Å². The molecular weight excluding hydrogens is 300 g/mol. The van der Waals surface area contributed by atoms with E-state index in [1.165, 1.54) is 0 Å². The second-order valence-electron chi connectivity index (χ2n) is 2.25. The van der Waals surface area contributed by atoms with Gasteiger partial charge in [0.1, 0.15) is 0 Å². The maximum atomic E-state index is 8.15. The fraction of sp³-hybridized carbons (Fsp3) is 0.556. The summed E-state index contributed by atoms with van der Waals surface area (Å²) in [5.74, 6) is 0. The van der Waals surface area contributed by atoms with Gasteiger partial charge in [-0.05, 0) is 8.96 Å². The molecule has 0 atom stereocenters. The van der Waals surface area contributed by atoms with Gasteiger partial charge in [0.25, 0.3) is 0 Å². The molecule has 0 bridgehead atoms. The summed E-state index contributed by atoms with van der Waals surface area (Å²) in [4.78, 5) is 0. The van der Waals surface area contributed by atoms with Crippen LogP contribution >= 0.6 is 31.9 Å². The SMILES string of the molecule is C=C(Br)CCO.C=C(Br)CCOC. The average molecular weight is 316 g/mol. The van der Waals surface area contributed by atoms with E-state index in [1.54, 1.807) is 7.11 Å². The lowest BCUT2D eigenvalue weighted by atomic mass is 10.5. The van der Waals surface area contributed by atoms with Crippen LogP contribution in [0, 0.1) is 0 Å². The van der Waals surface area contributed by atoms with Crippen molar-refractivity contribution in [3.8, 4) is 0 Å². The lowest BCUT2D eigenvalue weighted by Crippen LogP contribution is -1.85. The van der Waals surface area contributed by atoms with Crippen molar-refractivity contribution in [1.29, 1.82) is 0 Å². The molecule has 2 nitrogen and oxygen atoms in total. The van der Waals surface area contributed by atoms with E-state index >= 15 is 0 Å². The number of rotatable bonds is 5. The van der Waals surface area contributed by atoms with Crippen LogP contribution in [0.3, 0.4) is 0 Å². The number of hydrogen-bond acceptors (Lipinski definition) is 2. The Balaban J connectivity index is 0. The summed E-state index contributed by atoms with van der Waals surface area (Å²) in [6.45, 7) is 8.07. The van der Waals surface area contributed by atoms with E-state index in [2.05, 4.69) is 45.0 Å². The zero-order valence-electron chi connectivity index (χ0n) is 7.85. The molecular formula is C9H16Br2O2. The number of ether oxygens (including phenoxy) is 1. The van der Waals surface area contributed by atoms with Crippen molar-refractivity contribution in [2.45, 2.75) is 12.8 Å². The molecule has 13 heavy (non-hydrogen) atoms. The standard InChI is InChI=1S/C5H9BrO.C4H7BrO/c1-5(6)3-4-7-2;1-4(5)2-3-6/h1,3-4H2,2H3;6H,1-3H2. The van der Waals surface area contributed by atoms with Crippen molar-refractivity contribution < 1.29 is 9.84 Å². The highest BCUT2D eigenvalue weighted by molar-refractivity contribution is 9.12. The molecule has 0 aliphatic rings. The van der Waals surface area contributed by atoms with Gasteiger partial charge in [0.05, 0.1) is 6.61 Å². The van der Waals surface area contributed by atoms with E-state index in [0.717, 1.165) is 22.0 Å². The molecule has 0 heterocycles. The molecule has 0 aromatic heterocycles. The molecule has 0 unspecified atom stereocenters. The number of aliphatic hydroxyl groups excluding tert-OH is 1. The summed E-state index contributed by atoms with van der Waals surface area (Å²) < 4.78 is 6.61. The van der Waals surface area contributed by atoms with E-state index in [4.69, 9.17) is 9.84 Å². The summed E-state index contributed by atoms with van der Waals surface area (Å²) >= 11 is 6.28. The Labute approximate surface area is 96.9 Å². The minimum atomic E-state index is 0.185. The summed E-state index contributed by atoms with van der Waals surface area (Å²) in [6, 6.07) is 0. The zero-order chi connectivity index (χ0) is 10.7. The van der Waals surface area contributed by atoms with E-state index in [-0.39, 0.29) is 6.61 Å². The molecule has 0 saturated heterocycles. The van der Waals surface area contributed by atoms with Crippen LogP contribution < -0.4 is 0 Å². The normalized spacial score (nSPS) is 8.62. The maximum absolute atomic E-state index is 8.15. The van der Waals surface area contributed by atoms with Gasteiger partial charge in [-0.1, -0.05) is 45.0 Å². The van der Waals surface area contributed by atoms with E-state index in [0.29, 0.717) is 6.42 Å². The van der Waals surface area contributed by atoms with Crippen LogP contribution in [0.4, 0.5) is 0 Å². The highest BCUT2D eigenvalue weighted by Gasteiger charge is 1.83. The van der Waals surface area contributed by atoms with Gasteiger partial charge in [-0.2, -0.15) is 0 Å². The molecule has 0 aliphatic carbocycles. The Morgan fingerprint density at radius 2 is 1.69 bits per heavy atom. The Bertz CT molecular complexity index is 147. The molecule has 1 N–H and O–H groups in total. The number of aliphatic hydroxyl groups is 1. The second-order valence-corrected chi connectivity index (χ2v) is 4.49. The van der Waals surface area contributed by atoms with Crippen molar-refractivity contribution in [2.24, 2.45) is 0 Å². The van der Waals surface area contributed by atoms with Gasteiger partial charge < -0.3 is 9.84 Å². The van der Waals surface area contributed by atoms with Gasteiger partial charge in [0.2, 0.25) is 0 Å². The van der Waals surface area contributed by atoms with E-state index in [9.17, 15) is 0 Å². The molecule has 0 fully saturated rings. The van der Waals surface area contributed by atoms with Gasteiger partial charge in [-0.15, -0.1) is 0 Å². The minimum absolute atomic E-state index is 0.185. The van der Waals surface area contributed by atoms with Crippen LogP contribution in [0.25, 0.3) is 0 Å². The topological polar surface area (TPSA) is 29.5 Å². The third-order valence-electron chi connectivity index (χ3n) is 0.961. The first-order chi connectivity index (χ1) is 6.04. The Morgan fingerprint density at radius 1 is 1.23 bits per heavy atom. The summed E-state index contributed by atoms with van der Waals surface area (Å²) in [7, 11) is 1.68. The van der Waals surface area contributed by atoms with Gasteiger partial charge >= 0.3 is 0 Å². The largest absolute Gasteiger partial charge is 0.396 e. The van der Waals surface area contributed by atoms with Crippen molar-refractivity contribution in [1.82, 2.24) is 0 Å². The molecule has 0 aliphatic heterocycles. The third kappa shape index (κ3) is 24.5. The van der Waals surface area contributed by atoms with Gasteiger partial charge in [-0.3, -0.25) is 0 Å². The van der Waals surface area contributed by atoms with E-state index in [1.807, 2.05) is 0 Å². The maximum Gasteiger partial charge on any atom is 0.0507 e. The molecule has 0 radical (unpaired) electrons. The summed E-state index contributed by atoms with van der Waals surface area (Å²) in [6.07, 6.45) is 1.55. The average Bonchev–Trinajstić information content (AvgIpc) is 2.01. The fourth-order valence-corrected chi connectivity index (χ4v) is 0.673. The Morgan fingerprint density at radius 3 is 1.77 bits per heavy atom. The molecule has 0 rings (SSSR count). The molecule has 0 spiro atoms. The molecule has 0 amide bonds. The van der Waals surface area contributed by atoms with E-state index < -0.39 is 0 Å². The second kappa shape index (κ2) is 12.4. The Hall–Kier alpha value is 0.360. The third-order valence-corrected chi connectivity index (χ3v) is 1.75. The first kappa shape index (κ1) is 15.8. The smallest absolute Gasteiger partial charge is 0.0507 e. The highest BCUT2D eigenvalue weighted by Crippen LogP contribution is 2.04. The van der Waals surface area contributed by atoms with Crippen LogP contribution in [0.15, 0.2) is 22.1 Å². The minimum Gasteiger partial charge on any atom is -0.396 e. The highest BCUT2D eigenvalue weighted by atomic mass is 79.9. The van der Waals surface area contributed by atoms with Crippen molar-refractivity contribution >= 4 is 31.9 Å². The predicted octanol–water partition coefficient (Wildman–Crippen LogP) is 3.21. The monoisotopic (exact) mass is 314 g/mol. The summed E-state index contributed by atoms with van der Waals surface area (Å²) in [5.41, 5.74) is 0. The predicted molar refractivity (Wildman–Crippen MR) is 64.3 cm³/mol. The summed E-state index contributed by atoms with van der Waals surface area (Å²) in [5, 5.41) is 8.15. The number of methoxy groups -OCH3 is 1. The van der Waals surface area contributed by atoms with Gasteiger partial charge in [-0.25, -0.2) is 0 Å². The lowest BCUT2D eigenvalue weighted by molar-refractivity contribution is 0.204. The van der Waals surface area contributed by atoms with Crippen molar-refractivity contribution in [3.05, 3.63) is 22.1 Å². The van der Waals surface area contributed by atoms with Crippen LogP contribution in [0.2, 0.25) is 0 Å². The van der Waals surface area contributed by atoms with Crippen molar-refractivity contribution in [2.75, 3.05) is 20.3 Å². The first-order valence-corrected chi connectivity index (χ1v) is 5.39. The Kier molecular flexibility index (Phi) is 15.0. The van der Waals surface area contributed by atoms with Crippen LogP contribution in [0.5, 0.6) is 0 Å².